The number of carbonyl (C=O) groups is 1. The molecule has 5 heteroatoms. The van der Waals surface area contributed by atoms with E-state index in [-0.39, 0.29) is 36.1 Å². The van der Waals surface area contributed by atoms with E-state index < -0.39 is 0 Å². The van der Waals surface area contributed by atoms with Crippen LogP contribution in [0.1, 0.15) is 37.7 Å². The summed E-state index contributed by atoms with van der Waals surface area (Å²) < 4.78 is 13.3. The summed E-state index contributed by atoms with van der Waals surface area (Å²) in [6.07, 6.45) is 5.33. The van der Waals surface area contributed by atoms with Crippen molar-refractivity contribution in [2.24, 2.45) is 23.5 Å². The second-order valence-electron chi connectivity index (χ2n) is 6.65. The maximum atomic E-state index is 13.3. The molecule has 0 heterocycles. The molecule has 22 heavy (non-hydrogen) atoms. The minimum atomic E-state index is -0.244. The maximum absolute atomic E-state index is 13.3. The second-order valence-corrected chi connectivity index (χ2v) is 6.65. The van der Waals surface area contributed by atoms with E-state index in [9.17, 15) is 9.18 Å². The number of hydrogen-bond donors (Lipinski definition) is 2. The molecule has 1 amide bonds. The Morgan fingerprint density at radius 2 is 1.91 bits per heavy atom. The topological polar surface area (TPSA) is 55.1 Å². The predicted octanol–water partition coefficient (Wildman–Crippen LogP) is 3.65. The molecule has 0 spiro atoms. The average Bonchev–Trinajstić information content (AvgIpc) is 2.42. The van der Waals surface area contributed by atoms with Crippen molar-refractivity contribution in [2.75, 3.05) is 5.32 Å². The highest BCUT2D eigenvalue weighted by molar-refractivity contribution is 5.92. The molecule has 2 aliphatic rings. The lowest BCUT2D eigenvalue weighted by molar-refractivity contribution is -0.122. The average molecular weight is 327 g/mol. The summed E-state index contributed by atoms with van der Waals surface area (Å²) in [7, 11) is 0. The van der Waals surface area contributed by atoms with Gasteiger partial charge < -0.3 is 11.1 Å². The number of aryl methyl sites for hydroxylation is 1. The van der Waals surface area contributed by atoms with Crippen LogP contribution in [0.2, 0.25) is 0 Å². The fraction of sp³-hybridized carbons (Fsp3) is 0.588. The zero-order chi connectivity index (χ0) is 15.0. The second kappa shape index (κ2) is 6.97. The molecule has 2 aliphatic carbocycles. The zero-order valence-electron chi connectivity index (χ0n) is 12.8. The van der Waals surface area contributed by atoms with Gasteiger partial charge in [-0.1, -0.05) is 6.42 Å². The van der Waals surface area contributed by atoms with Gasteiger partial charge in [0.05, 0.1) is 0 Å². The van der Waals surface area contributed by atoms with E-state index in [1.807, 2.05) is 0 Å². The van der Waals surface area contributed by atoms with Crippen LogP contribution in [-0.2, 0) is 4.79 Å². The molecule has 1 aromatic carbocycles. The summed E-state index contributed by atoms with van der Waals surface area (Å²) in [4.78, 5) is 12.5. The summed E-state index contributed by atoms with van der Waals surface area (Å²) in [5.41, 5.74) is 7.49. The van der Waals surface area contributed by atoms with E-state index in [1.165, 1.54) is 12.5 Å². The van der Waals surface area contributed by atoms with Crippen molar-refractivity contribution in [3.63, 3.8) is 0 Å². The SMILES string of the molecule is Cc1cc(NC(=O)C2CC3CCCC(C2)C3N)ccc1F.Cl. The molecule has 3 nitrogen and oxygen atoms in total. The van der Waals surface area contributed by atoms with Crippen molar-refractivity contribution in [1.82, 2.24) is 0 Å². The van der Waals surface area contributed by atoms with Crippen LogP contribution in [0.5, 0.6) is 0 Å². The number of nitrogens with one attached hydrogen (secondary N) is 1. The smallest absolute Gasteiger partial charge is 0.227 e. The first-order valence-electron chi connectivity index (χ1n) is 7.87. The maximum Gasteiger partial charge on any atom is 0.227 e. The third-order valence-electron chi connectivity index (χ3n) is 5.21. The number of halogens is 2. The lowest BCUT2D eigenvalue weighted by Crippen LogP contribution is -2.48. The summed E-state index contributed by atoms with van der Waals surface area (Å²) in [6.45, 7) is 1.70. The van der Waals surface area contributed by atoms with Gasteiger partial charge in [0.1, 0.15) is 5.82 Å². The van der Waals surface area contributed by atoms with Gasteiger partial charge in [-0.3, -0.25) is 4.79 Å². The number of carbonyl (C=O) groups excluding carboxylic acids is 1. The Balaban J connectivity index is 0.00000176. The van der Waals surface area contributed by atoms with Gasteiger partial charge in [0.25, 0.3) is 0 Å². The first-order valence-corrected chi connectivity index (χ1v) is 7.87. The third kappa shape index (κ3) is 3.44. The number of anilines is 1. The molecule has 3 N–H and O–H groups in total. The van der Waals surface area contributed by atoms with Crippen LogP contribution in [-0.4, -0.2) is 11.9 Å². The summed E-state index contributed by atoms with van der Waals surface area (Å²) >= 11 is 0. The number of benzene rings is 1. The molecule has 1 aromatic rings. The fourth-order valence-electron chi connectivity index (χ4n) is 3.97. The normalized spacial score (nSPS) is 30.3. The Kier molecular flexibility index (Phi) is 5.45. The van der Waals surface area contributed by atoms with E-state index in [0.29, 0.717) is 23.1 Å². The molecule has 0 radical (unpaired) electrons. The van der Waals surface area contributed by atoms with Crippen LogP contribution in [0.25, 0.3) is 0 Å². The van der Waals surface area contributed by atoms with E-state index in [1.54, 1.807) is 19.1 Å². The molecule has 2 atom stereocenters. The van der Waals surface area contributed by atoms with E-state index in [4.69, 9.17) is 5.73 Å². The lowest BCUT2D eigenvalue weighted by Gasteiger charge is -2.43. The molecule has 2 bridgehead atoms. The third-order valence-corrected chi connectivity index (χ3v) is 5.21. The quantitative estimate of drug-likeness (QED) is 0.871. The first kappa shape index (κ1) is 17.2. The Morgan fingerprint density at radius 3 is 2.50 bits per heavy atom. The van der Waals surface area contributed by atoms with Gasteiger partial charge >= 0.3 is 0 Å². The lowest BCUT2D eigenvalue weighted by atomic mass is 9.65. The minimum Gasteiger partial charge on any atom is -0.327 e. The van der Waals surface area contributed by atoms with Crippen molar-refractivity contribution in [3.8, 4) is 0 Å². The van der Waals surface area contributed by atoms with Crippen LogP contribution < -0.4 is 11.1 Å². The number of nitrogens with two attached hydrogens (primary N) is 1. The van der Waals surface area contributed by atoms with Crippen LogP contribution in [0, 0.1) is 30.5 Å². The molecule has 0 aliphatic heterocycles. The molecule has 0 saturated heterocycles. The van der Waals surface area contributed by atoms with Gasteiger partial charge in [-0.05, 0) is 68.2 Å². The number of amides is 1. The van der Waals surface area contributed by atoms with E-state index in [2.05, 4.69) is 5.32 Å². The van der Waals surface area contributed by atoms with Crippen molar-refractivity contribution in [2.45, 2.75) is 45.1 Å². The molecule has 2 fully saturated rings. The highest BCUT2D eigenvalue weighted by Gasteiger charge is 2.40. The van der Waals surface area contributed by atoms with E-state index >= 15 is 0 Å². The van der Waals surface area contributed by atoms with Gasteiger partial charge in [-0.25, -0.2) is 4.39 Å². The Labute approximate surface area is 137 Å². The standard InChI is InChI=1S/C17H23FN2O.ClH/c1-10-7-14(5-6-15(10)18)20-17(21)13-8-11-3-2-4-12(9-13)16(11)19;/h5-7,11-13,16H,2-4,8-9,19H2,1H3,(H,20,21);1H. The molecule has 3 rings (SSSR count). The Bertz CT molecular complexity index is 537. The van der Waals surface area contributed by atoms with Crippen molar-refractivity contribution in [3.05, 3.63) is 29.6 Å². The number of fused-ring (bicyclic) bond motifs is 2. The highest BCUT2D eigenvalue weighted by atomic mass is 35.5. The minimum absolute atomic E-state index is 0. The van der Waals surface area contributed by atoms with Crippen molar-refractivity contribution in [1.29, 1.82) is 0 Å². The monoisotopic (exact) mass is 326 g/mol. The predicted molar refractivity (Wildman–Crippen MR) is 88.5 cm³/mol. The fourth-order valence-corrected chi connectivity index (χ4v) is 3.97. The molecule has 0 aromatic heterocycles. The summed E-state index contributed by atoms with van der Waals surface area (Å²) in [6, 6.07) is 4.98. The van der Waals surface area contributed by atoms with Crippen LogP contribution in [0.15, 0.2) is 18.2 Å². The van der Waals surface area contributed by atoms with Gasteiger partial charge in [0, 0.05) is 17.6 Å². The Hall–Kier alpha value is -1.13. The van der Waals surface area contributed by atoms with Crippen LogP contribution in [0.3, 0.4) is 0 Å². The van der Waals surface area contributed by atoms with Gasteiger partial charge in [-0.15, -0.1) is 12.4 Å². The summed E-state index contributed by atoms with van der Waals surface area (Å²) in [5, 5.41) is 2.94. The molecule has 2 unspecified atom stereocenters. The van der Waals surface area contributed by atoms with Crippen molar-refractivity contribution < 1.29 is 9.18 Å². The summed E-state index contributed by atoms with van der Waals surface area (Å²) in [5.74, 6) is 0.841. The van der Waals surface area contributed by atoms with Gasteiger partial charge in [0.2, 0.25) is 5.91 Å². The Morgan fingerprint density at radius 1 is 1.27 bits per heavy atom. The van der Waals surface area contributed by atoms with Crippen molar-refractivity contribution >= 4 is 24.0 Å². The van der Waals surface area contributed by atoms with Crippen LogP contribution >= 0.6 is 12.4 Å². The van der Waals surface area contributed by atoms with E-state index in [0.717, 1.165) is 25.7 Å². The number of rotatable bonds is 2. The molecular weight excluding hydrogens is 303 g/mol. The van der Waals surface area contributed by atoms with Gasteiger partial charge in [-0.2, -0.15) is 0 Å². The highest BCUT2D eigenvalue weighted by Crippen LogP contribution is 2.42. The number of hydrogen-bond acceptors (Lipinski definition) is 2. The van der Waals surface area contributed by atoms with Crippen LogP contribution in [0.4, 0.5) is 10.1 Å². The molecule has 122 valence electrons. The zero-order valence-corrected chi connectivity index (χ0v) is 13.7. The van der Waals surface area contributed by atoms with Gasteiger partial charge in [0.15, 0.2) is 0 Å². The molecular formula is C17H24ClFN2O. The molecule has 2 saturated carbocycles. The largest absolute Gasteiger partial charge is 0.327 e. The first-order chi connectivity index (χ1) is 10.0.